The van der Waals surface area contributed by atoms with Gasteiger partial charge < -0.3 is 4.74 Å². The Morgan fingerprint density at radius 3 is 1.88 bits per heavy atom. The van der Waals surface area contributed by atoms with E-state index in [1.807, 2.05) is 13.0 Å². The molecular weight excluding hydrogens is 599 g/mol. The van der Waals surface area contributed by atoms with Crippen LogP contribution in [0.2, 0.25) is 0 Å². The predicted octanol–water partition coefficient (Wildman–Crippen LogP) is 10.8. The number of aryl methyl sites for hydroxylation is 2. The smallest absolute Gasteiger partial charge is 0.146 e. The minimum atomic E-state index is -0.489. The maximum Gasteiger partial charge on any atom is 0.146 e. The summed E-state index contributed by atoms with van der Waals surface area (Å²) in [6.07, 6.45) is 0. The lowest BCUT2D eigenvalue weighted by atomic mass is 9.66. The molecule has 0 saturated heterocycles. The molecule has 0 atom stereocenters. The van der Waals surface area contributed by atoms with Crippen molar-refractivity contribution in [1.82, 2.24) is 14.5 Å². The van der Waals surface area contributed by atoms with Gasteiger partial charge in [-0.15, -0.1) is 0 Å². The molecule has 10 rings (SSSR count). The average Bonchev–Trinajstić information content (AvgIpc) is 3.66. The van der Waals surface area contributed by atoms with Gasteiger partial charge in [0.2, 0.25) is 0 Å². The number of rotatable bonds is 3. The molecule has 3 heterocycles. The van der Waals surface area contributed by atoms with Crippen LogP contribution < -0.4 is 4.74 Å². The Bertz CT molecular complexity index is 2550. The quantitative estimate of drug-likeness (QED) is 0.195. The summed E-state index contributed by atoms with van der Waals surface area (Å²) >= 11 is 0. The van der Waals surface area contributed by atoms with Gasteiger partial charge in [0.25, 0.3) is 0 Å². The van der Waals surface area contributed by atoms with Gasteiger partial charge in [-0.3, -0.25) is 4.57 Å². The topological polar surface area (TPSA) is 39.9 Å². The van der Waals surface area contributed by atoms with E-state index in [0.717, 1.165) is 62.1 Å². The van der Waals surface area contributed by atoms with Crippen molar-refractivity contribution < 1.29 is 4.74 Å². The molecule has 0 bridgehead atoms. The molecule has 4 heteroatoms. The second-order valence-electron chi connectivity index (χ2n) is 13.1. The van der Waals surface area contributed by atoms with Crippen LogP contribution in [0.15, 0.2) is 152 Å². The number of fused-ring (bicyclic) bond motifs is 10. The highest BCUT2D eigenvalue weighted by Gasteiger charge is 2.50. The molecule has 1 spiro atoms. The lowest BCUT2D eigenvalue weighted by Crippen LogP contribution is -2.32. The van der Waals surface area contributed by atoms with E-state index in [9.17, 15) is 0 Å². The van der Waals surface area contributed by atoms with Crippen LogP contribution in [-0.4, -0.2) is 14.5 Å². The van der Waals surface area contributed by atoms with E-state index >= 15 is 0 Å². The molecule has 0 radical (unpaired) electrons. The van der Waals surface area contributed by atoms with E-state index < -0.39 is 5.41 Å². The van der Waals surface area contributed by atoms with Gasteiger partial charge in [-0.2, -0.15) is 0 Å². The van der Waals surface area contributed by atoms with E-state index in [1.165, 1.54) is 33.4 Å². The van der Waals surface area contributed by atoms with Gasteiger partial charge >= 0.3 is 0 Å². The molecule has 0 amide bonds. The Labute approximate surface area is 285 Å². The molecule has 0 fully saturated rings. The van der Waals surface area contributed by atoms with Crippen LogP contribution in [0, 0.1) is 13.8 Å². The van der Waals surface area contributed by atoms with Crippen LogP contribution >= 0.6 is 0 Å². The van der Waals surface area contributed by atoms with Crippen LogP contribution in [-0.2, 0) is 5.41 Å². The van der Waals surface area contributed by atoms with Crippen LogP contribution in [0.1, 0.15) is 33.5 Å². The Balaban J connectivity index is 1.14. The number of pyridine rings is 1. The van der Waals surface area contributed by atoms with Gasteiger partial charge in [0.15, 0.2) is 0 Å². The lowest BCUT2D eigenvalue weighted by molar-refractivity contribution is 0.436. The van der Waals surface area contributed by atoms with Crippen molar-refractivity contribution in [2.24, 2.45) is 0 Å². The van der Waals surface area contributed by atoms with Gasteiger partial charge in [0, 0.05) is 22.4 Å². The van der Waals surface area contributed by atoms with E-state index in [4.69, 9.17) is 14.7 Å². The molecule has 6 aromatic carbocycles. The molecule has 8 aromatic rings. The fraction of sp³-hybridized carbons (Fsp3) is 0.0667. The third kappa shape index (κ3) is 3.98. The number of ether oxygens (including phenoxy) is 1. The first-order valence-electron chi connectivity index (χ1n) is 16.7. The standard InChI is InChI=1S/C45H31N3O/c1-28-25-29(2)46-43(26-28)48-40-17-9-8-16-39(40)47-44(48)31-21-19-30(20-22-31)32-23-24-42-38(27-32)45(37-15-7-10-18-41(37)49-42)35-13-5-3-11-33(35)34-12-4-6-14-36(34)45/h3-27H,1-2H3. The van der Waals surface area contributed by atoms with Gasteiger partial charge in [-0.05, 0) is 95.3 Å². The molecular formula is C45H31N3O. The number of aromatic nitrogens is 3. The van der Waals surface area contributed by atoms with Crippen molar-refractivity contribution in [1.29, 1.82) is 0 Å². The monoisotopic (exact) mass is 629 g/mol. The van der Waals surface area contributed by atoms with Crippen LogP contribution in [0.5, 0.6) is 11.5 Å². The van der Waals surface area contributed by atoms with Gasteiger partial charge in [0.1, 0.15) is 23.1 Å². The second-order valence-corrected chi connectivity index (χ2v) is 13.1. The zero-order valence-electron chi connectivity index (χ0n) is 27.2. The van der Waals surface area contributed by atoms with Crippen molar-refractivity contribution in [2.45, 2.75) is 19.3 Å². The Kier molecular flexibility index (Phi) is 5.89. The van der Waals surface area contributed by atoms with Crippen molar-refractivity contribution >= 4 is 11.0 Å². The first-order chi connectivity index (χ1) is 24.1. The van der Waals surface area contributed by atoms with E-state index in [2.05, 4.69) is 157 Å². The molecule has 0 unspecified atom stereocenters. The van der Waals surface area contributed by atoms with E-state index in [0.29, 0.717) is 0 Å². The van der Waals surface area contributed by atoms with E-state index in [-0.39, 0.29) is 0 Å². The number of nitrogens with zero attached hydrogens (tertiary/aromatic N) is 3. The van der Waals surface area contributed by atoms with Gasteiger partial charge in [-0.25, -0.2) is 9.97 Å². The summed E-state index contributed by atoms with van der Waals surface area (Å²) in [5.41, 5.74) is 14.4. The summed E-state index contributed by atoms with van der Waals surface area (Å²) in [6.45, 7) is 4.15. The summed E-state index contributed by atoms with van der Waals surface area (Å²) in [6, 6.07) is 54.1. The van der Waals surface area contributed by atoms with Crippen molar-refractivity contribution in [2.75, 3.05) is 0 Å². The highest BCUT2D eigenvalue weighted by molar-refractivity contribution is 5.89. The number of para-hydroxylation sites is 3. The van der Waals surface area contributed by atoms with Crippen LogP contribution in [0.25, 0.3) is 50.5 Å². The third-order valence-corrected chi connectivity index (χ3v) is 10.2. The minimum Gasteiger partial charge on any atom is -0.457 e. The fourth-order valence-electron chi connectivity index (χ4n) is 8.23. The van der Waals surface area contributed by atoms with Crippen molar-refractivity contribution in [3.63, 3.8) is 0 Å². The van der Waals surface area contributed by atoms with E-state index in [1.54, 1.807) is 0 Å². The van der Waals surface area contributed by atoms with Crippen LogP contribution in [0.4, 0.5) is 0 Å². The molecule has 232 valence electrons. The Morgan fingerprint density at radius 1 is 0.510 bits per heavy atom. The lowest BCUT2D eigenvalue weighted by Gasteiger charge is -2.39. The van der Waals surface area contributed by atoms with Crippen molar-refractivity contribution in [3.8, 4) is 51.0 Å². The summed E-state index contributed by atoms with van der Waals surface area (Å²) in [5, 5.41) is 0. The molecule has 1 aliphatic heterocycles. The molecule has 1 aliphatic carbocycles. The number of imidazole rings is 1. The molecule has 0 N–H and O–H groups in total. The van der Waals surface area contributed by atoms with Crippen molar-refractivity contribution in [3.05, 3.63) is 185 Å². The molecule has 49 heavy (non-hydrogen) atoms. The first kappa shape index (κ1) is 27.8. The highest BCUT2D eigenvalue weighted by Crippen LogP contribution is 2.62. The number of benzene rings is 6. The minimum absolute atomic E-state index is 0.489. The zero-order valence-corrected chi connectivity index (χ0v) is 27.2. The molecule has 4 nitrogen and oxygen atoms in total. The average molecular weight is 630 g/mol. The van der Waals surface area contributed by atoms with Crippen LogP contribution in [0.3, 0.4) is 0 Å². The Morgan fingerprint density at radius 2 is 1.12 bits per heavy atom. The Hall–Kier alpha value is -6.26. The third-order valence-electron chi connectivity index (χ3n) is 10.2. The van der Waals surface area contributed by atoms with Gasteiger partial charge in [-0.1, -0.05) is 109 Å². The number of hydrogen-bond donors (Lipinski definition) is 0. The molecule has 2 aromatic heterocycles. The second kappa shape index (κ2) is 10.4. The summed E-state index contributed by atoms with van der Waals surface area (Å²) in [5.74, 6) is 3.54. The SMILES string of the molecule is Cc1cc(C)nc(-n2c(-c3ccc(-c4ccc5c(c4)C4(c6ccccc6O5)c5ccccc5-c5ccccc54)cc3)nc3ccccc32)c1. The predicted molar refractivity (Wildman–Crippen MR) is 197 cm³/mol. The normalized spacial score (nSPS) is 13.4. The number of hydrogen-bond acceptors (Lipinski definition) is 3. The first-order valence-corrected chi connectivity index (χ1v) is 16.7. The maximum absolute atomic E-state index is 6.65. The fourth-order valence-corrected chi connectivity index (χ4v) is 8.23. The largest absolute Gasteiger partial charge is 0.457 e. The highest BCUT2D eigenvalue weighted by atomic mass is 16.5. The molecule has 2 aliphatic rings. The molecule has 0 saturated carbocycles. The summed E-state index contributed by atoms with van der Waals surface area (Å²) < 4.78 is 8.82. The zero-order chi connectivity index (χ0) is 32.7. The summed E-state index contributed by atoms with van der Waals surface area (Å²) in [7, 11) is 0. The summed E-state index contributed by atoms with van der Waals surface area (Å²) in [4.78, 5) is 10.0. The van der Waals surface area contributed by atoms with Gasteiger partial charge in [0.05, 0.1) is 16.4 Å². The maximum atomic E-state index is 6.65.